The summed E-state index contributed by atoms with van der Waals surface area (Å²) in [5.41, 5.74) is 8.09. The normalized spacial score (nSPS) is 18.4. The van der Waals surface area contributed by atoms with Crippen LogP contribution in [0.1, 0.15) is 54.5 Å². The van der Waals surface area contributed by atoms with Crippen LogP contribution in [0, 0.1) is 0 Å². The molecule has 3 N–H and O–H groups in total. The fourth-order valence-electron chi connectivity index (χ4n) is 3.87. The Bertz CT molecular complexity index is 1040. The van der Waals surface area contributed by atoms with Crippen LogP contribution in [0.3, 0.4) is 0 Å². The number of amides is 2. The molecule has 2 aromatic heterocycles. The molecule has 190 valence electrons. The minimum absolute atomic E-state index is 0.0976. The molecule has 1 fully saturated rings. The Morgan fingerprint density at radius 3 is 2.51 bits per heavy atom. The van der Waals surface area contributed by atoms with Crippen molar-refractivity contribution in [3.8, 4) is 0 Å². The highest BCUT2D eigenvalue weighted by molar-refractivity contribution is 5.98. The van der Waals surface area contributed by atoms with E-state index < -0.39 is 29.8 Å². The van der Waals surface area contributed by atoms with E-state index in [9.17, 15) is 9.59 Å². The van der Waals surface area contributed by atoms with E-state index in [1.165, 1.54) is 11.1 Å². The van der Waals surface area contributed by atoms with E-state index in [4.69, 9.17) is 10.5 Å². The lowest BCUT2D eigenvalue weighted by Gasteiger charge is -2.36. The molecule has 3 rings (SSSR count). The van der Waals surface area contributed by atoms with Crippen molar-refractivity contribution >= 4 is 17.7 Å². The van der Waals surface area contributed by atoms with Gasteiger partial charge in [-0.15, -0.1) is 0 Å². The minimum Gasteiger partial charge on any atom is -0.444 e. The summed E-state index contributed by atoms with van der Waals surface area (Å²) in [4.78, 5) is 36.6. The molecule has 2 amide bonds. The quantitative estimate of drug-likeness (QED) is 0.618. The Morgan fingerprint density at radius 1 is 1.23 bits per heavy atom. The Labute approximate surface area is 205 Å². The van der Waals surface area contributed by atoms with Crippen molar-refractivity contribution in [1.82, 2.24) is 19.8 Å². The summed E-state index contributed by atoms with van der Waals surface area (Å²) in [6, 6.07) is 5.08. The summed E-state index contributed by atoms with van der Waals surface area (Å²) in [5, 5.41) is 3.12. The zero-order valence-corrected chi connectivity index (χ0v) is 21.0. The molecule has 0 aromatic carbocycles. The molecular weight excluding hydrogens is 451 g/mol. The molecule has 0 spiro atoms. The molecule has 2 atom stereocenters. The first-order valence-electron chi connectivity index (χ1n) is 11.7. The highest BCUT2D eigenvalue weighted by Crippen LogP contribution is 2.24. The minimum atomic E-state index is -1.35. The number of rotatable bonds is 7. The molecule has 2 aromatic rings. The first-order valence-corrected chi connectivity index (χ1v) is 11.7. The van der Waals surface area contributed by atoms with Crippen LogP contribution in [0.4, 0.5) is 14.9 Å². The van der Waals surface area contributed by atoms with Gasteiger partial charge in [-0.1, -0.05) is 6.07 Å². The number of likely N-dealkylation sites (tertiary alicyclic amines) is 1. The van der Waals surface area contributed by atoms with E-state index in [2.05, 4.69) is 20.2 Å². The fourth-order valence-corrected chi connectivity index (χ4v) is 3.87. The Hall–Kier alpha value is -3.27. The number of nitrogens with two attached hydrogens (primary N) is 1. The van der Waals surface area contributed by atoms with Crippen LogP contribution in [0.15, 0.2) is 30.6 Å². The third kappa shape index (κ3) is 7.61. The summed E-state index contributed by atoms with van der Waals surface area (Å²) in [5.74, 6) is -0.653. The molecule has 9 nitrogen and oxygen atoms in total. The zero-order valence-electron chi connectivity index (χ0n) is 21.0. The highest BCUT2D eigenvalue weighted by Gasteiger charge is 2.34. The molecule has 0 saturated carbocycles. The topological polar surface area (TPSA) is 114 Å². The first-order chi connectivity index (χ1) is 16.4. The maximum Gasteiger partial charge on any atom is 0.410 e. The lowest BCUT2D eigenvalue weighted by atomic mass is 10.0. The predicted molar refractivity (Wildman–Crippen MR) is 132 cm³/mol. The summed E-state index contributed by atoms with van der Waals surface area (Å²) in [7, 11) is 3.99. The molecule has 10 heteroatoms. The van der Waals surface area contributed by atoms with Crippen molar-refractivity contribution in [3.05, 3.63) is 53.1 Å². The zero-order chi connectivity index (χ0) is 25.8. The third-order valence-corrected chi connectivity index (χ3v) is 5.51. The van der Waals surface area contributed by atoms with Crippen molar-refractivity contribution < 1.29 is 18.7 Å². The van der Waals surface area contributed by atoms with Crippen molar-refractivity contribution in [1.29, 1.82) is 0 Å². The summed E-state index contributed by atoms with van der Waals surface area (Å²) in [6.07, 6.45) is 2.16. The largest absolute Gasteiger partial charge is 0.444 e. The van der Waals surface area contributed by atoms with Gasteiger partial charge in [-0.25, -0.2) is 9.18 Å². The van der Waals surface area contributed by atoms with Gasteiger partial charge in [0.25, 0.3) is 5.91 Å². The fraction of sp³-hybridized carbons (Fsp3) is 0.520. The van der Waals surface area contributed by atoms with E-state index in [0.717, 1.165) is 17.8 Å². The smallest absolute Gasteiger partial charge is 0.410 e. The molecule has 0 radical (unpaired) electrons. The number of ether oxygens (including phenoxy) is 1. The van der Waals surface area contributed by atoms with Crippen LogP contribution >= 0.6 is 0 Å². The number of halogens is 1. The number of anilines is 1. The second-order valence-corrected chi connectivity index (χ2v) is 10.1. The third-order valence-electron chi connectivity index (χ3n) is 5.51. The Kier molecular flexibility index (Phi) is 8.26. The number of carbonyl (C=O) groups excluding carboxylic acids is 2. The number of hydrogen-bond acceptors (Lipinski definition) is 7. The predicted octanol–water partition coefficient (Wildman–Crippen LogP) is 2.99. The summed E-state index contributed by atoms with van der Waals surface area (Å²) < 4.78 is 20.4. The van der Waals surface area contributed by atoms with Crippen molar-refractivity contribution in [2.75, 3.05) is 32.5 Å². The molecule has 0 bridgehead atoms. The van der Waals surface area contributed by atoms with E-state index in [1.54, 1.807) is 26.8 Å². The van der Waals surface area contributed by atoms with Gasteiger partial charge in [-0.3, -0.25) is 14.8 Å². The van der Waals surface area contributed by atoms with E-state index >= 15 is 4.39 Å². The average molecular weight is 487 g/mol. The second kappa shape index (κ2) is 11.0. The number of hydrogen-bond donors (Lipinski definition) is 2. The number of primary amides is 1. The maximum atomic E-state index is 15.0. The molecule has 1 aliphatic heterocycles. The molecule has 1 aliphatic rings. The van der Waals surface area contributed by atoms with E-state index in [-0.39, 0.29) is 12.1 Å². The second-order valence-electron chi connectivity index (χ2n) is 10.1. The van der Waals surface area contributed by atoms with Gasteiger partial charge in [-0.05, 0) is 59.0 Å². The number of piperidine rings is 1. The van der Waals surface area contributed by atoms with Crippen LogP contribution in [0.2, 0.25) is 0 Å². The van der Waals surface area contributed by atoms with Crippen LogP contribution in [-0.2, 0) is 17.7 Å². The van der Waals surface area contributed by atoms with Crippen molar-refractivity contribution in [2.24, 2.45) is 5.73 Å². The first kappa shape index (κ1) is 26.3. The number of carbonyl (C=O) groups is 2. The average Bonchev–Trinajstić information content (AvgIpc) is 2.75. The van der Waals surface area contributed by atoms with Crippen LogP contribution in [0.5, 0.6) is 0 Å². The van der Waals surface area contributed by atoms with E-state index in [1.807, 2.05) is 32.4 Å². The standard InChI is InChI=1S/C25H35FN6O3/c1-25(2,3)35-24(34)32-9-8-21(20(26)15-32)30-22-11-18(29-13-19(22)23(27)33)10-17-7-6-16(12-28-17)14-31(4)5/h6-7,11-13,20-21H,8-10,14-15H2,1-5H3,(H2,27,33)(H,29,30)/t20-,21+/m0/s1. The number of nitrogens with one attached hydrogen (secondary N) is 1. The summed E-state index contributed by atoms with van der Waals surface area (Å²) >= 11 is 0. The van der Waals surface area contributed by atoms with Gasteiger partial charge in [0.15, 0.2) is 0 Å². The van der Waals surface area contributed by atoms with Gasteiger partial charge < -0.3 is 25.6 Å². The van der Waals surface area contributed by atoms with Crippen molar-refractivity contribution in [3.63, 3.8) is 0 Å². The number of aromatic nitrogens is 2. The molecular formula is C25H35FN6O3. The molecule has 0 aliphatic carbocycles. The van der Waals surface area contributed by atoms with Gasteiger partial charge in [0.1, 0.15) is 11.8 Å². The summed E-state index contributed by atoms with van der Waals surface area (Å²) in [6.45, 7) is 6.34. The highest BCUT2D eigenvalue weighted by atomic mass is 19.1. The van der Waals surface area contributed by atoms with Crippen LogP contribution in [-0.4, -0.2) is 76.8 Å². The molecule has 3 heterocycles. The van der Waals surface area contributed by atoms with Gasteiger partial charge in [0.2, 0.25) is 0 Å². The molecule has 1 saturated heterocycles. The molecule has 0 unspecified atom stereocenters. The van der Waals surface area contributed by atoms with Crippen molar-refractivity contribution in [2.45, 2.75) is 58.0 Å². The lowest BCUT2D eigenvalue weighted by molar-refractivity contribution is 0.0125. The SMILES string of the molecule is CN(C)Cc1ccc(Cc2cc(N[C@@H]3CCN(C(=O)OC(C)(C)C)C[C@@H]3F)c(C(N)=O)cn2)nc1. The van der Waals surface area contributed by atoms with Gasteiger partial charge in [0, 0.05) is 43.3 Å². The Morgan fingerprint density at radius 2 is 1.94 bits per heavy atom. The number of nitrogens with zero attached hydrogens (tertiary/aromatic N) is 4. The lowest BCUT2D eigenvalue weighted by Crippen LogP contribution is -2.51. The maximum absolute atomic E-state index is 15.0. The van der Waals surface area contributed by atoms with Gasteiger partial charge in [-0.2, -0.15) is 0 Å². The number of pyridine rings is 2. The Balaban J connectivity index is 1.70. The number of alkyl halides is 1. The van der Waals surface area contributed by atoms with Gasteiger partial charge >= 0.3 is 6.09 Å². The van der Waals surface area contributed by atoms with Gasteiger partial charge in [0.05, 0.1) is 23.8 Å². The molecule has 35 heavy (non-hydrogen) atoms. The monoisotopic (exact) mass is 486 g/mol. The van der Waals surface area contributed by atoms with Crippen LogP contribution in [0.25, 0.3) is 0 Å². The van der Waals surface area contributed by atoms with E-state index in [0.29, 0.717) is 30.8 Å². The van der Waals surface area contributed by atoms with Crippen LogP contribution < -0.4 is 11.1 Å².